The Kier molecular flexibility index (Phi) is 4.97. The minimum atomic E-state index is -0.621. The van der Waals surface area contributed by atoms with Crippen LogP contribution in [0.25, 0.3) is 11.4 Å². The molecule has 0 saturated heterocycles. The molecule has 0 saturated carbocycles. The number of nitro benzene ring substituents is 1. The predicted octanol–water partition coefficient (Wildman–Crippen LogP) is 2.65. The van der Waals surface area contributed by atoms with Gasteiger partial charge < -0.3 is 9.47 Å². The van der Waals surface area contributed by atoms with Gasteiger partial charge in [-0.15, -0.1) is 5.10 Å². The molecule has 10 heteroatoms. The molecule has 1 heterocycles. The number of aromatic amines is 1. The van der Waals surface area contributed by atoms with Crippen LogP contribution in [-0.4, -0.2) is 40.2 Å². The van der Waals surface area contributed by atoms with E-state index in [1.165, 1.54) is 19.2 Å². The Morgan fingerprint density at radius 1 is 1.15 bits per heavy atom. The third kappa shape index (κ3) is 3.84. The van der Waals surface area contributed by atoms with Gasteiger partial charge in [0.25, 0.3) is 5.91 Å². The summed E-state index contributed by atoms with van der Waals surface area (Å²) in [6.07, 6.45) is 0. The van der Waals surface area contributed by atoms with Gasteiger partial charge in [-0.25, -0.2) is 0 Å². The van der Waals surface area contributed by atoms with Gasteiger partial charge in [0.2, 0.25) is 5.95 Å². The SMILES string of the molecule is COc1ccc(-c2nc(NC(=O)c3ccc(OC)c([N+](=O)[O-])c3)n[nH]2)cc1. The average Bonchev–Trinajstić information content (AvgIpc) is 3.15. The topological polar surface area (TPSA) is 132 Å². The van der Waals surface area contributed by atoms with Crippen LogP contribution in [0.1, 0.15) is 10.4 Å². The number of aromatic nitrogens is 3. The second-order valence-electron chi connectivity index (χ2n) is 5.33. The fraction of sp³-hybridized carbons (Fsp3) is 0.118. The number of amides is 1. The molecular weight excluding hydrogens is 354 g/mol. The molecule has 0 unspecified atom stereocenters. The quantitative estimate of drug-likeness (QED) is 0.504. The molecule has 0 atom stereocenters. The van der Waals surface area contributed by atoms with Gasteiger partial charge in [0.15, 0.2) is 11.6 Å². The Morgan fingerprint density at radius 3 is 2.52 bits per heavy atom. The van der Waals surface area contributed by atoms with Crippen molar-refractivity contribution in [1.82, 2.24) is 15.2 Å². The van der Waals surface area contributed by atoms with E-state index in [9.17, 15) is 14.9 Å². The molecule has 0 bridgehead atoms. The highest BCUT2D eigenvalue weighted by Gasteiger charge is 2.19. The second-order valence-corrected chi connectivity index (χ2v) is 5.33. The molecule has 0 fully saturated rings. The number of methoxy groups -OCH3 is 2. The smallest absolute Gasteiger partial charge is 0.311 e. The minimum absolute atomic E-state index is 0.0456. The van der Waals surface area contributed by atoms with Crippen LogP contribution >= 0.6 is 0 Å². The molecule has 0 aliphatic carbocycles. The molecule has 1 aromatic heterocycles. The van der Waals surface area contributed by atoms with Crippen molar-refractivity contribution in [2.24, 2.45) is 0 Å². The van der Waals surface area contributed by atoms with Crippen molar-refractivity contribution in [3.63, 3.8) is 0 Å². The first-order chi connectivity index (χ1) is 13.0. The molecule has 0 radical (unpaired) electrons. The summed E-state index contributed by atoms with van der Waals surface area (Å²) in [5, 5.41) is 20.2. The Bertz CT molecular complexity index is 984. The molecule has 0 aliphatic rings. The maximum absolute atomic E-state index is 12.3. The van der Waals surface area contributed by atoms with Gasteiger partial charge in [-0.05, 0) is 36.4 Å². The first-order valence-corrected chi connectivity index (χ1v) is 7.72. The number of H-pyrrole nitrogens is 1. The summed E-state index contributed by atoms with van der Waals surface area (Å²) in [6, 6.07) is 11.0. The number of carbonyl (C=O) groups is 1. The molecule has 3 aromatic rings. The number of rotatable bonds is 6. The fourth-order valence-corrected chi connectivity index (χ4v) is 2.34. The largest absolute Gasteiger partial charge is 0.497 e. The molecule has 0 spiro atoms. The van der Waals surface area contributed by atoms with E-state index in [-0.39, 0.29) is 22.9 Å². The average molecular weight is 369 g/mol. The summed E-state index contributed by atoms with van der Waals surface area (Å²) in [6.45, 7) is 0. The summed E-state index contributed by atoms with van der Waals surface area (Å²) in [5.41, 5.74) is 0.529. The van der Waals surface area contributed by atoms with E-state index in [1.54, 1.807) is 31.4 Å². The van der Waals surface area contributed by atoms with E-state index in [0.29, 0.717) is 11.6 Å². The first kappa shape index (κ1) is 17.9. The molecule has 3 rings (SSSR count). The van der Waals surface area contributed by atoms with Crippen molar-refractivity contribution in [3.8, 4) is 22.9 Å². The van der Waals surface area contributed by atoms with Crippen molar-refractivity contribution in [3.05, 3.63) is 58.1 Å². The van der Waals surface area contributed by atoms with Crippen LogP contribution < -0.4 is 14.8 Å². The summed E-state index contributed by atoms with van der Waals surface area (Å²) in [4.78, 5) is 27.0. The zero-order chi connectivity index (χ0) is 19.4. The lowest BCUT2D eigenvalue weighted by Crippen LogP contribution is -2.13. The second kappa shape index (κ2) is 7.52. The highest BCUT2D eigenvalue weighted by atomic mass is 16.6. The number of benzene rings is 2. The van der Waals surface area contributed by atoms with Gasteiger partial charge in [0.05, 0.1) is 19.1 Å². The van der Waals surface area contributed by atoms with Gasteiger partial charge in [-0.1, -0.05) is 0 Å². The maximum Gasteiger partial charge on any atom is 0.311 e. The number of carbonyl (C=O) groups excluding carboxylic acids is 1. The van der Waals surface area contributed by atoms with E-state index in [2.05, 4.69) is 20.5 Å². The van der Waals surface area contributed by atoms with Crippen LogP contribution in [0.2, 0.25) is 0 Å². The van der Waals surface area contributed by atoms with E-state index in [0.717, 1.165) is 11.6 Å². The van der Waals surface area contributed by atoms with Crippen molar-refractivity contribution in [1.29, 1.82) is 0 Å². The lowest BCUT2D eigenvalue weighted by atomic mass is 10.1. The van der Waals surface area contributed by atoms with Crippen LogP contribution in [0.4, 0.5) is 11.6 Å². The van der Waals surface area contributed by atoms with Crippen LogP contribution in [0.3, 0.4) is 0 Å². The molecule has 2 aromatic carbocycles. The highest BCUT2D eigenvalue weighted by molar-refractivity contribution is 6.04. The molecule has 0 aliphatic heterocycles. The molecule has 27 heavy (non-hydrogen) atoms. The number of anilines is 1. The number of ether oxygens (including phenoxy) is 2. The standard InChI is InChI=1S/C17H15N5O5/c1-26-12-6-3-10(4-7-12)15-18-17(21-20-15)19-16(23)11-5-8-14(27-2)13(9-11)22(24)25/h3-9H,1-2H3,(H2,18,19,20,21,23). The minimum Gasteiger partial charge on any atom is -0.497 e. The molecular formula is C17H15N5O5. The number of nitrogens with zero attached hydrogens (tertiary/aromatic N) is 3. The van der Waals surface area contributed by atoms with Crippen molar-refractivity contribution in [2.45, 2.75) is 0 Å². The maximum atomic E-state index is 12.3. The Morgan fingerprint density at radius 2 is 1.89 bits per heavy atom. The lowest BCUT2D eigenvalue weighted by molar-refractivity contribution is -0.385. The molecule has 2 N–H and O–H groups in total. The Labute approximate surface area is 153 Å². The van der Waals surface area contributed by atoms with Gasteiger partial charge in [0, 0.05) is 17.2 Å². The Balaban J connectivity index is 1.77. The molecule has 1 amide bonds. The van der Waals surface area contributed by atoms with E-state index < -0.39 is 10.8 Å². The van der Waals surface area contributed by atoms with Gasteiger partial charge in [-0.3, -0.25) is 25.3 Å². The number of nitrogens with one attached hydrogen (secondary N) is 2. The van der Waals surface area contributed by atoms with Gasteiger partial charge in [0.1, 0.15) is 5.75 Å². The van der Waals surface area contributed by atoms with Crippen molar-refractivity contribution in [2.75, 3.05) is 19.5 Å². The summed E-state index contributed by atoms with van der Waals surface area (Å²) >= 11 is 0. The monoisotopic (exact) mass is 369 g/mol. The van der Waals surface area contributed by atoms with Crippen molar-refractivity contribution < 1.29 is 19.2 Å². The van der Waals surface area contributed by atoms with Crippen LogP contribution in [0.15, 0.2) is 42.5 Å². The Hall–Kier alpha value is -3.95. The summed E-state index contributed by atoms with van der Waals surface area (Å²) in [5.74, 6) is 0.683. The number of hydrogen-bond acceptors (Lipinski definition) is 7. The van der Waals surface area contributed by atoms with Gasteiger partial charge >= 0.3 is 5.69 Å². The zero-order valence-corrected chi connectivity index (χ0v) is 14.4. The lowest BCUT2D eigenvalue weighted by Gasteiger charge is -2.04. The predicted molar refractivity (Wildman–Crippen MR) is 96.0 cm³/mol. The summed E-state index contributed by atoms with van der Waals surface area (Å²) in [7, 11) is 2.89. The van der Waals surface area contributed by atoms with E-state index >= 15 is 0 Å². The van der Waals surface area contributed by atoms with E-state index in [4.69, 9.17) is 9.47 Å². The van der Waals surface area contributed by atoms with Crippen molar-refractivity contribution >= 4 is 17.5 Å². The highest BCUT2D eigenvalue weighted by Crippen LogP contribution is 2.28. The number of nitro groups is 1. The van der Waals surface area contributed by atoms with Gasteiger partial charge in [-0.2, -0.15) is 4.98 Å². The third-order valence-electron chi connectivity index (χ3n) is 3.71. The summed E-state index contributed by atoms with van der Waals surface area (Å²) < 4.78 is 10.0. The molecule has 138 valence electrons. The van der Waals surface area contributed by atoms with Crippen LogP contribution in [-0.2, 0) is 0 Å². The normalized spacial score (nSPS) is 10.3. The van der Waals surface area contributed by atoms with Crippen LogP contribution in [0.5, 0.6) is 11.5 Å². The zero-order valence-electron chi connectivity index (χ0n) is 14.4. The fourth-order valence-electron chi connectivity index (χ4n) is 2.34. The number of hydrogen-bond donors (Lipinski definition) is 2. The first-order valence-electron chi connectivity index (χ1n) is 7.72. The van der Waals surface area contributed by atoms with Crippen LogP contribution in [0, 0.1) is 10.1 Å². The van der Waals surface area contributed by atoms with E-state index in [1.807, 2.05) is 0 Å². The third-order valence-corrected chi connectivity index (χ3v) is 3.71. The molecule has 10 nitrogen and oxygen atoms in total.